The third-order valence-corrected chi connectivity index (χ3v) is 5.97. The largest absolute Gasteiger partial charge is 0.335 e. The van der Waals surface area contributed by atoms with Gasteiger partial charge in [0.1, 0.15) is 11.3 Å². The van der Waals surface area contributed by atoms with Crippen LogP contribution in [0.5, 0.6) is 0 Å². The Balaban J connectivity index is 1.67. The Morgan fingerprint density at radius 3 is 2.54 bits per heavy atom. The molecule has 1 saturated carbocycles. The first-order valence-electron chi connectivity index (χ1n) is 9.61. The fourth-order valence-corrected chi connectivity index (χ4v) is 4.42. The van der Waals surface area contributed by atoms with Gasteiger partial charge in [0, 0.05) is 49.8 Å². The van der Waals surface area contributed by atoms with Crippen molar-refractivity contribution in [2.75, 3.05) is 26.2 Å². The molecule has 0 atom stereocenters. The number of carbonyl (C=O) groups is 1. The number of amides is 1. The van der Waals surface area contributed by atoms with Gasteiger partial charge in [0.2, 0.25) is 5.28 Å². The molecule has 0 spiro atoms. The number of rotatable bonds is 3. The maximum absolute atomic E-state index is 13.3. The standard InChI is InChI=1S/C19H26ClN5O/c1-13(2)23-7-9-24(10-8-23)18(26)16-11-14-12-21-19(20)22-17(14)25(16)15-5-3-4-6-15/h11-13,15H,3-10H2,1-2H3. The third kappa shape index (κ3) is 3.21. The minimum Gasteiger partial charge on any atom is -0.335 e. The maximum atomic E-state index is 13.3. The van der Waals surface area contributed by atoms with Gasteiger partial charge in [0.05, 0.1) is 0 Å². The number of halogens is 1. The van der Waals surface area contributed by atoms with Crippen LogP contribution in [-0.4, -0.2) is 62.5 Å². The summed E-state index contributed by atoms with van der Waals surface area (Å²) in [6, 6.07) is 2.80. The zero-order chi connectivity index (χ0) is 18.3. The lowest BCUT2D eigenvalue weighted by Crippen LogP contribution is -2.51. The summed E-state index contributed by atoms with van der Waals surface area (Å²) in [6.07, 6.45) is 6.30. The van der Waals surface area contributed by atoms with E-state index in [2.05, 4.69) is 33.3 Å². The molecule has 0 aromatic carbocycles. The molecular formula is C19H26ClN5O. The second-order valence-corrected chi connectivity index (χ2v) is 8.02. The van der Waals surface area contributed by atoms with E-state index in [4.69, 9.17) is 11.6 Å². The Bertz CT molecular complexity index is 804. The normalized spacial score (nSPS) is 19.8. The molecule has 1 amide bonds. The van der Waals surface area contributed by atoms with Crippen LogP contribution in [0.15, 0.2) is 12.3 Å². The van der Waals surface area contributed by atoms with Gasteiger partial charge in [-0.3, -0.25) is 9.69 Å². The summed E-state index contributed by atoms with van der Waals surface area (Å²) in [4.78, 5) is 26.3. The molecule has 26 heavy (non-hydrogen) atoms. The summed E-state index contributed by atoms with van der Waals surface area (Å²) in [6.45, 7) is 7.82. The molecule has 2 aromatic rings. The first-order valence-corrected chi connectivity index (χ1v) is 9.99. The highest BCUT2D eigenvalue weighted by Crippen LogP contribution is 2.35. The van der Waals surface area contributed by atoms with Crippen LogP contribution < -0.4 is 0 Å². The van der Waals surface area contributed by atoms with E-state index >= 15 is 0 Å². The number of piperazine rings is 1. The van der Waals surface area contributed by atoms with Gasteiger partial charge in [-0.2, -0.15) is 4.98 Å². The van der Waals surface area contributed by atoms with Crippen molar-refractivity contribution in [1.82, 2.24) is 24.3 Å². The third-order valence-electron chi connectivity index (χ3n) is 5.79. The van der Waals surface area contributed by atoms with Crippen LogP contribution in [0.1, 0.15) is 56.1 Å². The van der Waals surface area contributed by atoms with E-state index in [1.807, 2.05) is 11.0 Å². The Labute approximate surface area is 159 Å². The predicted octanol–water partition coefficient (Wildman–Crippen LogP) is 3.37. The Morgan fingerprint density at radius 1 is 1.19 bits per heavy atom. The van der Waals surface area contributed by atoms with Crippen LogP contribution in [0.3, 0.4) is 0 Å². The number of carbonyl (C=O) groups excluding carboxylic acids is 1. The predicted molar refractivity (Wildman–Crippen MR) is 103 cm³/mol. The molecule has 1 aliphatic carbocycles. The molecule has 140 valence electrons. The van der Waals surface area contributed by atoms with Gasteiger partial charge < -0.3 is 9.47 Å². The second kappa shape index (κ2) is 7.16. The Kier molecular flexibility index (Phi) is 4.88. The molecule has 7 heteroatoms. The van der Waals surface area contributed by atoms with E-state index in [-0.39, 0.29) is 11.2 Å². The van der Waals surface area contributed by atoms with Crippen LogP contribution in [-0.2, 0) is 0 Å². The van der Waals surface area contributed by atoms with E-state index in [0.717, 1.165) is 55.7 Å². The van der Waals surface area contributed by atoms with Crippen molar-refractivity contribution >= 4 is 28.5 Å². The zero-order valence-electron chi connectivity index (χ0n) is 15.5. The molecule has 0 radical (unpaired) electrons. The van der Waals surface area contributed by atoms with E-state index < -0.39 is 0 Å². The van der Waals surface area contributed by atoms with Crippen LogP contribution in [0.25, 0.3) is 11.0 Å². The van der Waals surface area contributed by atoms with E-state index in [1.165, 1.54) is 12.8 Å². The van der Waals surface area contributed by atoms with Gasteiger partial charge in [0.15, 0.2) is 0 Å². The molecular weight excluding hydrogens is 350 g/mol. The highest BCUT2D eigenvalue weighted by Gasteiger charge is 2.30. The minimum absolute atomic E-state index is 0.106. The quantitative estimate of drug-likeness (QED) is 0.772. The maximum Gasteiger partial charge on any atom is 0.270 e. The summed E-state index contributed by atoms with van der Waals surface area (Å²) in [5.41, 5.74) is 1.53. The lowest BCUT2D eigenvalue weighted by atomic mass is 10.2. The Morgan fingerprint density at radius 2 is 1.88 bits per heavy atom. The lowest BCUT2D eigenvalue weighted by molar-refractivity contribution is 0.0584. The van der Waals surface area contributed by atoms with Crippen molar-refractivity contribution in [2.24, 2.45) is 0 Å². The van der Waals surface area contributed by atoms with Gasteiger partial charge in [-0.25, -0.2) is 4.98 Å². The molecule has 0 N–H and O–H groups in total. The molecule has 4 rings (SSSR count). The molecule has 1 aliphatic heterocycles. The fourth-order valence-electron chi connectivity index (χ4n) is 4.29. The van der Waals surface area contributed by atoms with Gasteiger partial charge >= 0.3 is 0 Å². The molecule has 2 aliphatic rings. The number of aromatic nitrogens is 3. The van der Waals surface area contributed by atoms with Crippen molar-refractivity contribution < 1.29 is 4.79 Å². The Hall–Kier alpha value is -1.66. The number of nitrogens with zero attached hydrogens (tertiary/aromatic N) is 5. The van der Waals surface area contributed by atoms with Crippen LogP contribution in [0.4, 0.5) is 0 Å². The van der Waals surface area contributed by atoms with Crippen molar-refractivity contribution in [2.45, 2.75) is 51.6 Å². The van der Waals surface area contributed by atoms with E-state index in [1.54, 1.807) is 6.20 Å². The number of hydrogen-bond acceptors (Lipinski definition) is 4. The first kappa shape index (κ1) is 17.7. The van der Waals surface area contributed by atoms with Crippen molar-refractivity contribution in [3.8, 4) is 0 Å². The van der Waals surface area contributed by atoms with E-state index in [9.17, 15) is 4.79 Å². The monoisotopic (exact) mass is 375 g/mol. The van der Waals surface area contributed by atoms with Gasteiger partial charge in [0.25, 0.3) is 5.91 Å². The van der Waals surface area contributed by atoms with Crippen molar-refractivity contribution in [1.29, 1.82) is 0 Å². The van der Waals surface area contributed by atoms with E-state index in [0.29, 0.717) is 12.1 Å². The van der Waals surface area contributed by atoms with Crippen molar-refractivity contribution in [3.05, 3.63) is 23.2 Å². The lowest BCUT2D eigenvalue weighted by Gasteiger charge is -2.37. The summed E-state index contributed by atoms with van der Waals surface area (Å²) < 4.78 is 2.13. The minimum atomic E-state index is 0.106. The summed E-state index contributed by atoms with van der Waals surface area (Å²) in [7, 11) is 0. The second-order valence-electron chi connectivity index (χ2n) is 7.68. The summed E-state index contributed by atoms with van der Waals surface area (Å²) >= 11 is 6.04. The fraction of sp³-hybridized carbons (Fsp3) is 0.632. The van der Waals surface area contributed by atoms with Gasteiger partial charge in [-0.05, 0) is 44.4 Å². The summed E-state index contributed by atoms with van der Waals surface area (Å²) in [5.74, 6) is 0.106. The SMILES string of the molecule is CC(C)N1CCN(C(=O)c2cc3cnc(Cl)nc3n2C2CCCC2)CC1. The average Bonchev–Trinajstić information content (AvgIpc) is 3.28. The topological polar surface area (TPSA) is 54.3 Å². The molecule has 1 saturated heterocycles. The first-order chi connectivity index (χ1) is 12.5. The highest BCUT2D eigenvalue weighted by molar-refractivity contribution is 6.28. The molecule has 2 aromatic heterocycles. The summed E-state index contributed by atoms with van der Waals surface area (Å²) in [5, 5.41) is 1.13. The smallest absolute Gasteiger partial charge is 0.270 e. The van der Waals surface area contributed by atoms with Gasteiger partial charge in [-0.1, -0.05) is 12.8 Å². The van der Waals surface area contributed by atoms with Crippen molar-refractivity contribution in [3.63, 3.8) is 0 Å². The molecule has 2 fully saturated rings. The number of hydrogen-bond donors (Lipinski definition) is 0. The average molecular weight is 376 g/mol. The van der Waals surface area contributed by atoms with Crippen LogP contribution in [0, 0.1) is 0 Å². The van der Waals surface area contributed by atoms with Crippen LogP contribution >= 0.6 is 11.6 Å². The highest BCUT2D eigenvalue weighted by atomic mass is 35.5. The molecule has 0 bridgehead atoms. The number of fused-ring (bicyclic) bond motifs is 1. The van der Waals surface area contributed by atoms with Crippen LogP contribution in [0.2, 0.25) is 5.28 Å². The zero-order valence-corrected chi connectivity index (χ0v) is 16.2. The molecule has 3 heterocycles. The molecule has 0 unspecified atom stereocenters. The molecule has 6 nitrogen and oxygen atoms in total. The van der Waals surface area contributed by atoms with Gasteiger partial charge in [-0.15, -0.1) is 0 Å².